The Hall–Kier alpha value is -0.560. The molecule has 1 fully saturated rings. The van der Waals surface area contributed by atoms with Gasteiger partial charge in [-0.15, -0.1) is 0 Å². The first-order valence-corrected chi connectivity index (χ1v) is 7.89. The largest absolute Gasteiger partial charge is 0.305 e. The Labute approximate surface area is 99.0 Å². The molecule has 7 heteroatoms. The highest BCUT2D eigenvalue weighted by atomic mass is 32.2. The van der Waals surface area contributed by atoms with Gasteiger partial charge >= 0.3 is 0 Å². The number of carbonyl (C=O) groups is 1. The van der Waals surface area contributed by atoms with Crippen LogP contribution in [-0.4, -0.2) is 42.3 Å². The summed E-state index contributed by atoms with van der Waals surface area (Å²) in [6.07, 6.45) is 1.06. The lowest BCUT2D eigenvalue weighted by Gasteiger charge is -2.19. The van der Waals surface area contributed by atoms with Crippen LogP contribution >= 0.6 is 11.8 Å². The number of nitrogens with zero attached hydrogens (tertiary/aromatic N) is 1. The van der Waals surface area contributed by atoms with Gasteiger partial charge in [0.15, 0.2) is 15.0 Å². The zero-order valence-corrected chi connectivity index (χ0v) is 10.6. The lowest BCUT2D eigenvalue weighted by molar-refractivity contribution is -0.120. The first-order valence-electron chi connectivity index (χ1n) is 5.19. The zero-order valence-electron chi connectivity index (χ0n) is 8.97. The van der Waals surface area contributed by atoms with Crippen LogP contribution in [0, 0.1) is 0 Å². The van der Waals surface area contributed by atoms with E-state index in [2.05, 4.69) is 10.3 Å². The highest BCUT2D eigenvalue weighted by Gasteiger charge is 2.30. The van der Waals surface area contributed by atoms with Gasteiger partial charge in [-0.3, -0.25) is 9.79 Å². The maximum Gasteiger partial charge on any atom is 0.228 e. The molecule has 0 unspecified atom stereocenters. The summed E-state index contributed by atoms with van der Waals surface area (Å²) in [6.45, 7) is 1.88. The van der Waals surface area contributed by atoms with E-state index in [9.17, 15) is 13.2 Å². The summed E-state index contributed by atoms with van der Waals surface area (Å²) < 4.78 is 22.5. The van der Waals surface area contributed by atoms with Crippen LogP contribution in [0.3, 0.4) is 0 Å². The molecule has 2 aliphatic heterocycles. The molecule has 0 aromatic heterocycles. The number of hydrogen-bond acceptors (Lipinski definition) is 5. The van der Waals surface area contributed by atoms with Crippen molar-refractivity contribution in [2.24, 2.45) is 4.99 Å². The third kappa shape index (κ3) is 2.98. The second-order valence-corrected chi connectivity index (χ2v) is 7.70. The van der Waals surface area contributed by atoms with Gasteiger partial charge in [-0.1, -0.05) is 11.8 Å². The molecule has 16 heavy (non-hydrogen) atoms. The Morgan fingerprint density at radius 3 is 2.81 bits per heavy atom. The number of aliphatic imine (C=N–C) groups is 1. The highest BCUT2D eigenvalue weighted by Crippen LogP contribution is 2.26. The average Bonchev–Trinajstić information content (AvgIpc) is 2.43. The predicted molar refractivity (Wildman–Crippen MR) is 64.3 cm³/mol. The summed E-state index contributed by atoms with van der Waals surface area (Å²) >= 11 is 1.38. The lowest BCUT2D eigenvalue weighted by atomic mass is 10.2. The number of thioether (sulfide) groups is 1. The quantitative estimate of drug-likeness (QED) is 0.731. The maximum atomic E-state index is 11.3. The van der Waals surface area contributed by atoms with Gasteiger partial charge < -0.3 is 5.32 Å². The van der Waals surface area contributed by atoms with Crippen molar-refractivity contribution in [1.29, 1.82) is 0 Å². The predicted octanol–water partition coefficient (Wildman–Crippen LogP) is 0.171. The van der Waals surface area contributed by atoms with Crippen LogP contribution in [0.5, 0.6) is 0 Å². The van der Waals surface area contributed by atoms with Crippen LogP contribution in [0.2, 0.25) is 0 Å². The lowest BCUT2D eigenvalue weighted by Crippen LogP contribution is -2.36. The Balaban J connectivity index is 1.98. The van der Waals surface area contributed by atoms with Gasteiger partial charge in [-0.25, -0.2) is 8.42 Å². The van der Waals surface area contributed by atoms with Crippen molar-refractivity contribution in [3.05, 3.63) is 0 Å². The molecule has 1 N–H and O–H groups in total. The molecular weight excluding hydrogens is 248 g/mol. The molecule has 1 amide bonds. The Morgan fingerprint density at radius 1 is 1.50 bits per heavy atom. The van der Waals surface area contributed by atoms with Crippen LogP contribution in [0.15, 0.2) is 4.99 Å². The molecule has 0 radical (unpaired) electrons. The first kappa shape index (κ1) is 11.9. The number of carbonyl (C=O) groups excluding carboxylic acids is 1. The first-order chi connectivity index (χ1) is 7.44. The van der Waals surface area contributed by atoms with Gasteiger partial charge in [0.05, 0.1) is 17.5 Å². The molecule has 2 atom stereocenters. The minimum Gasteiger partial charge on any atom is -0.305 e. The van der Waals surface area contributed by atoms with Gasteiger partial charge in [-0.05, 0) is 13.3 Å². The van der Waals surface area contributed by atoms with E-state index in [1.807, 2.05) is 6.92 Å². The van der Waals surface area contributed by atoms with Crippen molar-refractivity contribution in [2.45, 2.75) is 31.1 Å². The molecule has 5 nitrogen and oxygen atoms in total. The van der Waals surface area contributed by atoms with Gasteiger partial charge in [-0.2, -0.15) is 0 Å². The van der Waals surface area contributed by atoms with Crippen molar-refractivity contribution in [3.63, 3.8) is 0 Å². The standard InChI is InChI=1S/C9H14N2O3S2/c1-6-4-8(12)11-9(10-6)15-7-2-3-16(13,14)5-7/h6-7H,2-5H2,1H3,(H,10,11,12)/t6-,7+/m0/s1. The maximum absolute atomic E-state index is 11.3. The van der Waals surface area contributed by atoms with E-state index in [-0.39, 0.29) is 28.7 Å². The molecule has 2 heterocycles. The van der Waals surface area contributed by atoms with Crippen LogP contribution in [-0.2, 0) is 14.6 Å². The van der Waals surface area contributed by atoms with E-state index in [1.54, 1.807) is 0 Å². The topological polar surface area (TPSA) is 75.6 Å². The fraction of sp³-hybridized carbons (Fsp3) is 0.778. The molecule has 90 valence electrons. The number of amides is 1. The van der Waals surface area contributed by atoms with E-state index >= 15 is 0 Å². The number of sulfone groups is 1. The van der Waals surface area contributed by atoms with Crippen molar-refractivity contribution in [1.82, 2.24) is 5.32 Å². The van der Waals surface area contributed by atoms with E-state index < -0.39 is 9.84 Å². The minimum atomic E-state index is -2.86. The average molecular weight is 262 g/mol. The molecule has 0 bridgehead atoms. The number of amidine groups is 1. The third-order valence-electron chi connectivity index (χ3n) is 2.53. The molecule has 2 rings (SSSR count). The molecule has 2 aliphatic rings. The summed E-state index contributed by atoms with van der Waals surface area (Å²) in [5.74, 6) is 0.411. The molecule has 0 aliphatic carbocycles. The van der Waals surface area contributed by atoms with E-state index in [0.717, 1.165) is 0 Å². The SMILES string of the molecule is C[C@H]1CC(=O)NC(S[C@@H]2CCS(=O)(=O)C2)=N1. The fourth-order valence-corrected chi connectivity index (χ4v) is 5.34. The third-order valence-corrected chi connectivity index (χ3v) is 5.68. The summed E-state index contributed by atoms with van der Waals surface area (Å²) in [7, 11) is -2.86. The molecule has 0 spiro atoms. The molecule has 0 aromatic rings. The fourth-order valence-electron chi connectivity index (χ4n) is 1.79. The molecular formula is C9H14N2O3S2. The van der Waals surface area contributed by atoms with E-state index in [1.165, 1.54) is 11.8 Å². The van der Waals surface area contributed by atoms with Crippen molar-refractivity contribution in [3.8, 4) is 0 Å². The Morgan fingerprint density at radius 2 is 2.25 bits per heavy atom. The van der Waals surface area contributed by atoms with Crippen molar-refractivity contribution >= 4 is 32.7 Å². The summed E-state index contributed by atoms with van der Waals surface area (Å²) in [6, 6.07) is -0.00531. The summed E-state index contributed by atoms with van der Waals surface area (Å²) in [5.41, 5.74) is 0. The van der Waals surface area contributed by atoms with Crippen molar-refractivity contribution < 1.29 is 13.2 Å². The highest BCUT2D eigenvalue weighted by molar-refractivity contribution is 8.15. The smallest absolute Gasteiger partial charge is 0.228 e. The second kappa shape index (κ2) is 4.37. The summed E-state index contributed by atoms with van der Waals surface area (Å²) in [5, 5.41) is 3.29. The van der Waals surface area contributed by atoms with Crippen molar-refractivity contribution in [2.75, 3.05) is 11.5 Å². The zero-order chi connectivity index (χ0) is 11.8. The van der Waals surface area contributed by atoms with E-state index in [4.69, 9.17) is 0 Å². The molecule has 1 saturated heterocycles. The second-order valence-electron chi connectivity index (χ2n) is 4.18. The normalized spacial score (nSPS) is 33.3. The van der Waals surface area contributed by atoms with Crippen LogP contribution in [0.1, 0.15) is 19.8 Å². The van der Waals surface area contributed by atoms with Crippen LogP contribution in [0.4, 0.5) is 0 Å². The van der Waals surface area contributed by atoms with E-state index in [0.29, 0.717) is 18.0 Å². The van der Waals surface area contributed by atoms with Crippen LogP contribution < -0.4 is 5.32 Å². The molecule has 0 saturated carbocycles. The number of nitrogens with one attached hydrogen (secondary N) is 1. The molecule has 0 aromatic carbocycles. The van der Waals surface area contributed by atoms with Gasteiger partial charge in [0.1, 0.15) is 0 Å². The minimum absolute atomic E-state index is 0.00531. The van der Waals surface area contributed by atoms with Crippen LogP contribution in [0.25, 0.3) is 0 Å². The number of hydrogen-bond donors (Lipinski definition) is 1. The number of rotatable bonds is 1. The monoisotopic (exact) mass is 262 g/mol. The Bertz CT molecular complexity index is 430. The van der Waals surface area contributed by atoms with Gasteiger partial charge in [0.2, 0.25) is 5.91 Å². The van der Waals surface area contributed by atoms with Gasteiger partial charge in [0.25, 0.3) is 0 Å². The Kier molecular flexibility index (Phi) is 3.25. The van der Waals surface area contributed by atoms with Gasteiger partial charge in [0, 0.05) is 11.7 Å². The summed E-state index contributed by atoms with van der Waals surface area (Å²) in [4.78, 5) is 15.6.